The molecule has 1 saturated heterocycles. The molecule has 0 aromatic carbocycles. The van der Waals surface area contributed by atoms with Crippen molar-refractivity contribution in [3.8, 4) is 5.82 Å². The van der Waals surface area contributed by atoms with Crippen molar-refractivity contribution in [1.82, 2.24) is 29.6 Å². The number of aromatic nitrogens is 5. The number of aryl methyl sites for hydroxylation is 2. The monoisotopic (exact) mass is 381 g/mol. The van der Waals surface area contributed by atoms with Gasteiger partial charge in [-0.25, -0.2) is 19.0 Å². The average Bonchev–Trinajstić information content (AvgIpc) is 3.06. The van der Waals surface area contributed by atoms with E-state index in [1.807, 2.05) is 26.0 Å². The summed E-state index contributed by atoms with van der Waals surface area (Å²) >= 11 is 0. The molecule has 1 aliphatic heterocycles. The molecule has 0 N–H and O–H groups in total. The van der Waals surface area contributed by atoms with E-state index in [2.05, 4.69) is 25.0 Å². The van der Waals surface area contributed by atoms with Crippen LogP contribution in [-0.2, 0) is 0 Å². The van der Waals surface area contributed by atoms with Gasteiger partial charge in [0.15, 0.2) is 5.82 Å². The summed E-state index contributed by atoms with van der Waals surface area (Å²) in [6.07, 6.45) is 4.00. The average molecular weight is 381 g/mol. The third kappa shape index (κ3) is 3.55. The predicted molar refractivity (Wildman–Crippen MR) is 101 cm³/mol. The van der Waals surface area contributed by atoms with Crippen molar-refractivity contribution in [3.05, 3.63) is 59.7 Å². The van der Waals surface area contributed by atoms with Crippen molar-refractivity contribution in [2.24, 2.45) is 0 Å². The van der Waals surface area contributed by atoms with Gasteiger partial charge in [-0.2, -0.15) is 5.10 Å². The number of anilines is 1. The summed E-state index contributed by atoms with van der Waals surface area (Å²) in [6, 6.07) is 5.10. The summed E-state index contributed by atoms with van der Waals surface area (Å²) < 4.78 is 15.1. The number of carbonyl (C=O) groups excluding carboxylic acids is 1. The van der Waals surface area contributed by atoms with E-state index in [4.69, 9.17) is 0 Å². The van der Waals surface area contributed by atoms with Gasteiger partial charge in [-0.15, -0.1) is 0 Å². The SMILES string of the molecule is Cc1cc(C)n(-c2cc(N3CCN(C(=O)c4cncc(F)c4)CC3)ncn2)n1. The van der Waals surface area contributed by atoms with E-state index in [-0.39, 0.29) is 11.5 Å². The van der Waals surface area contributed by atoms with Crippen LogP contribution >= 0.6 is 0 Å². The Morgan fingerprint density at radius 2 is 1.75 bits per heavy atom. The smallest absolute Gasteiger partial charge is 0.255 e. The van der Waals surface area contributed by atoms with Crippen LogP contribution in [0.2, 0.25) is 0 Å². The van der Waals surface area contributed by atoms with E-state index in [1.165, 1.54) is 18.6 Å². The van der Waals surface area contributed by atoms with Crippen LogP contribution in [0.3, 0.4) is 0 Å². The molecule has 0 aliphatic carbocycles. The van der Waals surface area contributed by atoms with Gasteiger partial charge in [0.25, 0.3) is 5.91 Å². The van der Waals surface area contributed by atoms with Crippen LogP contribution in [0.25, 0.3) is 5.82 Å². The molecule has 9 heteroatoms. The van der Waals surface area contributed by atoms with Crippen LogP contribution in [0, 0.1) is 19.7 Å². The molecule has 28 heavy (non-hydrogen) atoms. The molecule has 3 aromatic heterocycles. The van der Waals surface area contributed by atoms with Crippen LogP contribution < -0.4 is 4.90 Å². The van der Waals surface area contributed by atoms with E-state index < -0.39 is 5.82 Å². The molecule has 4 heterocycles. The first-order valence-corrected chi connectivity index (χ1v) is 9.02. The third-order valence-corrected chi connectivity index (χ3v) is 4.71. The van der Waals surface area contributed by atoms with Crippen LogP contribution in [-0.4, -0.2) is 61.7 Å². The fourth-order valence-electron chi connectivity index (χ4n) is 3.34. The molecule has 0 bridgehead atoms. The molecule has 0 saturated carbocycles. The van der Waals surface area contributed by atoms with Crippen molar-refractivity contribution in [3.63, 3.8) is 0 Å². The first-order valence-electron chi connectivity index (χ1n) is 9.02. The van der Waals surface area contributed by atoms with Gasteiger partial charge in [-0.1, -0.05) is 0 Å². The van der Waals surface area contributed by atoms with Gasteiger partial charge >= 0.3 is 0 Å². The fourth-order valence-corrected chi connectivity index (χ4v) is 3.34. The summed E-state index contributed by atoms with van der Waals surface area (Å²) in [7, 11) is 0. The van der Waals surface area contributed by atoms with E-state index >= 15 is 0 Å². The molecule has 0 radical (unpaired) electrons. The molecule has 0 atom stereocenters. The zero-order valence-electron chi connectivity index (χ0n) is 15.7. The Balaban J connectivity index is 1.46. The molecule has 1 aliphatic rings. The number of rotatable bonds is 3. The van der Waals surface area contributed by atoms with Gasteiger partial charge in [-0.3, -0.25) is 9.78 Å². The maximum atomic E-state index is 13.3. The van der Waals surface area contributed by atoms with Gasteiger partial charge in [0, 0.05) is 44.1 Å². The summed E-state index contributed by atoms with van der Waals surface area (Å²) in [5, 5.41) is 4.46. The molecular formula is C19H20FN7O. The minimum atomic E-state index is -0.512. The maximum absolute atomic E-state index is 13.3. The summed E-state index contributed by atoms with van der Waals surface area (Å²) in [5.41, 5.74) is 2.19. The zero-order valence-corrected chi connectivity index (χ0v) is 15.7. The summed E-state index contributed by atoms with van der Waals surface area (Å²) in [5.74, 6) is 0.775. The lowest BCUT2D eigenvalue weighted by Crippen LogP contribution is -2.49. The Morgan fingerprint density at radius 3 is 2.43 bits per heavy atom. The molecule has 0 unspecified atom stereocenters. The van der Waals surface area contributed by atoms with E-state index in [0.717, 1.165) is 23.4 Å². The number of halogens is 1. The number of piperazine rings is 1. The highest BCUT2D eigenvalue weighted by atomic mass is 19.1. The number of nitrogens with zero attached hydrogens (tertiary/aromatic N) is 7. The minimum Gasteiger partial charge on any atom is -0.353 e. The normalized spacial score (nSPS) is 14.4. The van der Waals surface area contributed by atoms with Gasteiger partial charge in [-0.05, 0) is 26.0 Å². The fraction of sp³-hybridized carbons (Fsp3) is 0.316. The minimum absolute atomic E-state index is 0.210. The van der Waals surface area contributed by atoms with Crippen molar-refractivity contribution < 1.29 is 9.18 Å². The lowest BCUT2D eigenvalue weighted by atomic mass is 10.2. The standard InChI is InChI=1S/C19H20FN7O/c1-13-7-14(2)27(24-13)18-9-17(22-12-23-18)25-3-5-26(6-4-25)19(28)15-8-16(20)11-21-10-15/h7-12H,3-6H2,1-2H3. The molecular weight excluding hydrogens is 361 g/mol. The molecule has 8 nitrogen and oxygen atoms in total. The highest BCUT2D eigenvalue weighted by Gasteiger charge is 2.23. The Kier molecular flexibility index (Phi) is 4.72. The first kappa shape index (κ1) is 18.0. The van der Waals surface area contributed by atoms with Gasteiger partial charge in [0.05, 0.1) is 17.5 Å². The van der Waals surface area contributed by atoms with E-state index in [1.54, 1.807) is 9.58 Å². The zero-order chi connectivity index (χ0) is 19.7. The predicted octanol–water partition coefficient (Wildman–Crippen LogP) is 1.78. The number of amides is 1. The maximum Gasteiger partial charge on any atom is 0.255 e. The second-order valence-electron chi connectivity index (χ2n) is 6.74. The highest BCUT2D eigenvalue weighted by molar-refractivity contribution is 5.94. The van der Waals surface area contributed by atoms with Gasteiger partial charge in [0.2, 0.25) is 0 Å². The first-order chi connectivity index (χ1) is 13.5. The van der Waals surface area contributed by atoms with Crippen molar-refractivity contribution >= 4 is 11.7 Å². The second kappa shape index (κ2) is 7.34. The van der Waals surface area contributed by atoms with E-state index in [0.29, 0.717) is 32.0 Å². The number of hydrogen-bond acceptors (Lipinski definition) is 6. The van der Waals surface area contributed by atoms with E-state index in [9.17, 15) is 9.18 Å². The second-order valence-corrected chi connectivity index (χ2v) is 6.74. The summed E-state index contributed by atoms with van der Waals surface area (Å²) in [4.78, 5) is 28.8. The largest absolute Gasteiger partial charge is 0.353 e. The molecule has 1 fully saturated rings. The molecule has 144 valence electrons. The Bertz CT molecular complexity index is 1010. The van der Waals surface area contributed by atoms with Crippen molar-refractivity contribution in [1.29, 1.82) is 0 Å². The van der Waals surface area contributed by atoms with Gasteiger partial charge < -0.3 is 9.80 Å². The van der Waals surface area contributed by atoms with Crippen LogP contribution in [0.4, 0.5) is 10.2 Å². The van der Waals surface area contributed by atoms with Crippen LogP contribution in [0.5, 0.6) is 0 Å². The number of hydrogen-bond donors (Lipinski definition) is 0. The van der Waals surface area contributed by atoms with Crippen molar-refractivity contribution in [2.45, 2.75) is 13.8 Å². The topological polar surface area (TPSA) is 80.0 Å². The molecule has 1 amide bonds. The number of pyridine rings is 1. The van der Waals surface area contributed by atoms with Crippen molar-refractivity contribution in [2.75, 3.05) is 31.1 Å². The quantitative estimate of drug-likeness (QED) is 0.688. The lowest BCUT2D eigenvalue weighted by molar-refractivity contribution is 0.0745. The molecule has 4 rings (SSSR count). The Morgan fingerprint density at radius 1 is 1.00 bits per heavy atom. The Labute approximate surface area is 161 Å². The van der Waals surface area contributed by atoms with Crippen LogP contribution in [0.15, 0.2) is 36.9 Å². The molecule has 0 spiro atoms. The number of carbonyl (C=O) groups is 1. The summed E-state index contributed by atoms with van der Waals surface area (Å²) in [6.45, 7) is 6.22. The van der Waals surface area contributed by atoms with Crippen LogP contribution in [0.1, 0.15) is 21.7 Å². The Hall–Kier alpha value is -3.36. The third-order valence-electron chi connectivity index (χ3n) is 4.71. The lowest BCUT2D eigenvalue weighted by Gasteiger charge is -2.35. The molecule has 3 aromatic rings. The van der Waals surface area contributed by atoms with Gasteiger partial charge in [0.1, 0.15) is 18.0 Å². The highest BCUT2D eigenvalue weighted by Crippen LogP contribution is 2.18.